The maximum Gasteiger partial charge on any atom is 0.120 e. The molecule has 2 rings (SSSR count). The topological polar surface area (TPSA) is 34.4 Å². The molecule has 3 nitrogen and oxygen atoms in total. The molecule has 0 saturated heterocycles. The van der Waals surface area contributed by atoms with Gasteiger partial charge in [0.1, 0.15) is 18.1 Å². The third-order valence-electron chi connectivity index (χ3n) is 2.60. The number of benzene rings is 1. The second-order valence-corrected chi connectivity index (χ2v) is 4.43. The molecular weight excluding hydrogens is 250 g/mol. The highest BCUT2D eigenvalue weighted by atomic mass is 35.5. The number of ether oxygens (including phenoxy) is 1. The van der Waals surface area contributed by atoms with Crippen molar-refractivity contribution in [3.8, 4) is 5.75 Å². The van der Waals surface area contributed by atoms with Crippen molar-refractivity contribution in [1.29, 1.82) is 0 Å². The summed E-state index contributed by atoms with van der Waals surface area (Å²) in [6, 6.07) is 11.4. The van der Waals surface area contributed by atoms with Crippen molar-refractivity contribution in [2.24, 2.45) is 0 Å². The lowest BCUT2D eigenvalue weighted by Gasteiger charge is -2.12. The predicted molar refractivity (Wildman–Crippen MR) is 72.1 cm³/mol. The molecule has 0 aliphatic heterocycles. The van der Waals surface area contributed by atoms with Gasteiger partial charge in [-0.25, -0.2) is 0 Å². The van der Waals surface area contributed by atoms with Gasteiger partial charge >= 0.3 is 0 Å². The average Bonchev–Trinajstić information content (AvgIpc) is 2.90. The van der Waals surface area contributed by atoms with Crippen molar-refractivity contribution in [3.63, 3.8) is 0 Å². The molecule has 1 atom stereocenters. The van der Waals surface area contributed by atoms with Gasteiger partial charge in [0.15, 0.2) is 0 Å². The molecule has 0 amide bonds. The zero-order chi connectivity index (χ0) is 12.8. The number of rotatable bonds is 6. The summed E-state index contributed by atoms with van der Waals surface area (Å²) < 4.78 is 10.9. The van der Waals surface area contributed by atoms with E-state index in [4.69, 9.17) is 20.8 Å². The molecule has 0 aliphatic rings. The molecule has 1 heterocycles. The Morgan fingerprint density at radius 1 is 1.28 bits per heavy atom. The van der Waals surface area contributed by atoms with E-state index in [0.717, 1.165) is 18.1 Å². The first kappa shape index (κ1) is 13.0. The number of halogens is 1. The maximum atomic E-state index is 5.79. The Morgan fingerprint density at radius 3 is 2.72 bits per heavy atom. The Kier molecular flexibility index (Phi) is 4.67. The van der Waals surface area contributed by atoms with Gasteiger partial charge in [0, 0.05) is 11.6 Å². The third-order valence-corrected chi connectivity index (χ3v) is 2.86. The van der Waals surface area contributed by atoms with E-state index in [0.29, 0.717) is 11.6 Å². The van der Waals surface area contributed by atoms with Gasteiger partial charge in [0.05, 0.1) is 12.3 Å². The Labute approximate surface area is 112 Å². The zero-order valence-electron chi connectivity index (χ0n) is 10.2. The van der Waals surface area contributed by atoms with Gasteiger partial charge in [0.2, 0.25) is 0 Å². The highest BCUT2D eigenvalue weighted by molar-refractivity contribution is 6.30. The first-order valence-corrected chi connectivity index (χ1v) is 6.28. The largest absolute Gasteiger partial charge is 0.492 e. The molecule has 18 heavy (non-hydrogen) atoms. The Balaban J connectivity index is 1.68. The third kappa shape index (κ3) is 3.79. The fourth-order valence-electron chi connectivity index (χ4n) is 1.61. The molecule has 1 aromatic heterocycles. The smallest absolute Gasteiger partial charge is 0.120 e. The van der Waals surface area contributed by atoms with Crippen LogP contribution in [0.25, 0.3) is 0 Å². The van der Waals surface area contributed by atoms with Crippen LogP contribution in [0.15, 0.2) is 47.1 Å². The minimum absolute atomic E-state index is 0.189. The lowest BCUT2D eigenvalue weighted by atomic mass is 10.2. The molecule has 0 bridgehead atoms. The van der Waals surface area contributed by atoms with Crippen LogP contribution in [0.1, 0.15) is 18.7 Å². The molecular formula is C14H16ClNO2. The highest BCUT2D eigenvalue weighted by Gasteiger charge is 2.06. The van der Waals surface area contributed by atoms with Crippen molar-refractivity contribution >= 4 is 11.6 Å². The van der Waals surface area contributed by atoms with Gasteiger partial charge in [-0.3, -0.25) is 0 Å². The number of hydrogen-bond acceptors (Lipinski definition) is 3. The van der Waals surface area contributed by atoms with Gasteiger partial charge in [0.25, 0.3) is 0 Å². The van der Waals surface area contributed by atoms with Crippen LogP contribution in [0.5, 0.6) is 5.75 Å². The van der Waals surface area contributed by atoms with Crippen molar-refractivity contribution in [2.75, 3.05) is 13.2 Å². The fourth-order valence-corrected chi connectivity index (χ4v) is 1.74. The number of nitrogens with one attached hydrogen (secondary N) is 1. The Bertz CT molecular complexity index is 453. The van der Waals surface area contributed by atoms with Crippen LogP contribution in [0.4, 0.5) is 0 Å². The van der Waals surface area contributed by atoms with Gasteiger partial charge in [-0.2, -0.15) is 0 Å². The summed E-state index contributed by atoms with van der Waals surface area (Å²) >= 11 is 5.79. The number of furan rings is 1. The molecule has 0 saturated carbocycles. The second kappa shape index (κ2) is 6.47. The molecule has 0 radical (unpaired) electrons. The van der Waals surface area contributed by atoms with Gasteiger partial charge in [-0.15, -0.1) is 0 Å². The van der Waals surface area contributed by atoms with Crippen LogP contribution in [0.3, 0.4) is 0 Å². The molecule has 1 N–H and O–H groups in total. The van der Waals surface area contributed by atoms with E-state index in [9.17, 15) is 0 Å². The van der Waals surface area contributed by atoms with E-state index in [2.05, 4.69) is 12.2 Å². The van der Waals surface area contributed by atoms with Gasteiger partial charge in [-0.05, 0) is 43.3 Å². The second-order valence-electron chi connectivity index (χ2n) is 3.99. The monoisotopic (exact) mass is 265 g/mol. The Morgan fingerprint density at radius 2 is 2.06 bits per heavy atom. The summed E-state index contributed by atoms with van der Waals surface area (Å²) in [5.74, 6) is 1.76. The summed E-state index contributed by atoms with van der Waals surface area (Å²) in [6.07, 6.45) is 1.68. The van der Waals surface area contributed by atoms with Gasteiger partial charge in [-0.1, -0.05) is 11.6 Å². The van der Waals surface area contributed by atoms with Crippen LogP contribution in [-0.2, 0) is 0 Å². The Hall–Kier alpha value is -1.45. The summed E-state index contributed by atoms with van der Waals surface area (Å²) in [7, 11) is 0. The van der Waals surface area contributed by atoms with Crippen molar-refractivity contribution in [1.82, 2.24) is 5.32 Å². The maximum absolute atomic E-state index is 5.79. The van der Waals surface area contributed by atoms with E-state index >= 15 is 0 Å². The summed E-state index contributed by atoms with van der Waals surface area (Å²) in [6.45, 7) is 3.41. The molecule has 0 spiro atoms. The molecule has 0 fully saturated rings. The molecule has 1 aromatic carbocycles. The van der Waals surface area contributed by atoms with E-state index in [1.165, 1.54) is 0 Å². The summed E-state index contributed by atoms with van der Waals surface area (Å²) in [5.41, 5.74) is 0. The van der Waals surface area contributed by atoms with Crippen molar-refractivity contribution < 1.29 is 9.15 Å². The first-order valence-electron chi connectivity index (χ1n) is 5.91. The fraction of sp³-hybridized carbons (Fsp3) is 0.286. The van der Waals surface area contributed by atoms with E-state index in [1.807, 2.05) is 36.4 Å². The zero-order valence-corrected chi connectivity index (χ0v) is 11.0. The van der Waals surface area contributed by atoms with Crippen molar-refractivity contribution in [2.45, 2.75) is 13.0 Å². The molecule has 1 unspecified atom stereocenters. The van der Waals surface area contributed by atoms with E-state index < -0.39 is 0 Å². The summed E-state index contributed by atoms with van der Waals surface area (Å²) in [5, 5.41) is 4.04. The molecule has 4 heteroatoms. The highest BCUT2D eigenvalue weighted by Crippen LogP contribution is 2.15. The molecule has 2 aromatic rings. The van der Waals surface area contributed by atoms with Gasteiger partial charge < -0.3 is 14.5 Å². The minimum Gasteiger partial charge on any atom is -0.492 e. The normalized spacial score (nSPS) is 12.3. The van der Waals surface area contributed by atoms with Crippen molar-refractivity contribution in [3.05, 3.63) is 53.4 Å². The lowest BCUT2D eigenvalue weighted by Crippen LogP contribution is -2.24. The minimum atomic E-state index is 0.189. The van der Waals surface area contributed by atoms with E-state index in [-0.39, 0.29) is 6.04 Å². The van der Waals surface area contributed by atoms with Crippen LogP contribution >= 0.6 is 11.6 Å². The molecule has 96 valence electrons. The lowest BCUT2D eigenvalue weighted by molar-refractivity contribution is 0.302. The first-order chi connectivity index (χ1) is 8.75. The van der Waals surface area contributed by atoms with Crippen LogP contribution in [0, 0.1) is 0 Å². The quantitative estimate of drug-likeness (QED) is 0.810. The summed E-state index contributed by atoms with van der Waals surface area (Å²) in [4.78, 5) is 0. The van der Waals surface area contributed by atoms with Crippen LogP contribution < -0.4 is 10.1 Å². The average molecular weight is 266 g/mol. The predicted octanol–water partition coefficient (Wildman–Crippen LogP) is 3.66. The standard InChI is InChI=1S/C14H16ClNO2/c1-11(14-3-2-9-18-14)16-8-10-17-13-6-4-12(15)5-7-13/h2-7,9,11,16H,8,10H2,1H3. The van der Waals surface area contributed by atoms with Crippen LogP contribution in [0.2, 0.25) is 5.02 Å². The van der Waals surface area contributed by atoms with Crippen LogP contribution in [-0.4, -0.2) is 13.2 Å². The van der Waals surface area contributed by atoms with E-state index in [1.54, 1.807) is 6.26 Å². The SMILES string of the molecule is CC(NCCOc1ccc(Cl)cc1)c1ccco1. The molecule has 0 aliphatic carbocycles. The number of hydrogen-bond donors (Lipinski definition) is 1.